The summed E-state index contributed by atoms with van der Waals surface area (Å²) in [5.74, 6) is -0.851. The quantitative estimate of drug-likeness (QED) is 0.122. The Morgan fingerprint density at radius 2 is 1.49 bits per heavy atom. The Morgan fingerprint density at radius 1 is 0.865 bits per heavy atom. The molecule has 2 unspecified atom stereocenters. The minimum absolute atomic E-state index is 0.117. The normalized spacial score (nSPS) is 13.2. The van der Waals surface area contributed by atoms with Crippen LogP contribution in [0.4, 0.5) is 13.2 Å². The van der Waals surface area contributed by atoms with Crippen LogP contribution in [0.1, 0.15) is 84.1 Å². The number of ether oxygens (including phenoxy) is 3. The number of carbonyl (C=O) groups excluding carboxylic acids is 1. The molecule has 2 atom stereocenters. The summed E-state index contributed by atoms with van der Waals surface area (Å²) < 4.78 is 56.3. The maximum atomic E-state index is 13.7. The van der Waals surface area contributed by atoms with Gasteiger partial charge in [-0.1, -0.05) is 83.6 Å². The second kappa shape index (κ2) is 16.2. The van der Waals surface area contributed by atoms with Crippen LogP contribution in [0.25, 0.3) is 11.1 Å². The lowest BCUT2D eigenvalue weighted by atomic mass is 10.0. The number of halogens is 3. The number of aryl methyl sites for hydroxylation is 1. The molecular formula is C28H39F3N2O4. The smallest absolute Gasteiger partial charge is 0.422 e. The molecule has 0 bridgehead atoms. The molecule has 0 saturated carbocycles. The Balaban J connectivity index is 2.04. The van der Waals surface area contributed by atoms with Gasteiger partial charge in [-0.25, -0.2) is 9.97 Å². The third-order valence-corrected chi connectivity index (χ3v) is 5.86. The fourth-order valence-electron chi connectivity index (χ4n) is 3.65. The average Bonchev–Trinajstić information content (AvgIpc) is 2.88. The van der Waals surface area contributed by atoms with Crippen molar-refractivity contribution in [3.05, 3.63) is 42.2 Å². The zero-order valence-corrected chi connectivity index (χ0v) is 22.1. The summed E-state index contributed by atoms with van der Waals surface area (Å²) >= 11 is 0. The van der Waals surface area contributed by atoms with Gasteiger partial charge in [0, 0.05) is 31.0 Å². The molecule has 206 valence electrons. The van der Waals surface area contributed by atoms with Crippen molar-refractivity contribution in [2.24, 2.45) is 0 Å². The summed E-state index contributed by atoms with van der Waals surface area (Å²) in [6.45, 7) is 5.36. The summed E-state index contributed by atoms with van der Waals surface area (Å²) in [5, 5.41) is 0. The van der Waals surface area contributed by atoms with E-state index in [1.807, 2.05) is 19.1 Å². The van der Waals surface area contributed by atoms with E-state index in [0.29, 0.717) is 18.4 Å². The van der Waals surface area contributed by atoms with Gasteiger partial charge in [0.1, 0.15) is 0 Å². The Hall–Kier alpha value is -2.68. The first-order valence-electron chi connectivity index (χ1n) is 13.2. The summed E-state index contributed by atoms with van der Waals surface area (Å²) in [6.07, 6.45) is 3.04. The zero-order chi connectivity index (χ0) is 27.1. The van der Waals surface area contributed by atoms with Gasteiger partial charge in [-0.2, -0.15) is 13.2 Å². The third kappa shape index (κ3) is 11.1. The molecule has 0 spiro atoms. The van der Waals surface area contributed by atoms with Crippen LogP contribution in [0, 0.1) is 0 Å². The highest BCUT2D eigenvalue weighted by Gasteiger charge is 2.49. The number of unbranched alkanes of at least 4 members (excludes halogenated alkanes) is 6. The maximum Gasteiger partial charge on any atom is 0.422 e. The molecular weight excluding hydrogens is 485 g/mol. The SMILES string of the molecule is CCCCCCCCc1ccc(-c2cnc(OC(OC(=O)CC)C(OCCCC)C(F)(F)F)nc2)cc1. The Kier molecular flexibility index (Phi) is 13.4. The van der Waals surface area contributed by atoms with Gasteiger partial charge in [-0.3, -0.25) is 4.79 Å². The molecule has 2 rings (SSSR count). The van der Waals surface area contributed by atoms with Crippen LogP contribution in [-0.2, 0) is 20.7 Å². The van der Waals surface area contributed by atoms with Crippen LogP contribution < -0.4 is 4.74 Å². The van der Waals surface area contributed by atoms with Gasteiger partial charge < -0.3 is 14.2 Å². The van der Waals surface area contributed by atoms with Gasteiger partial charge in [0.05, 0.1) is 0 Å². The molecule has 6 nitrogen and oxygen atoms in total. The maximum absolute atomic E-state index is 13.7. The molecule has 0 aliphatic carbocycles. The van der Waals surface area contributed by atoms with Crippen molar-refractivity contribution >= 4 is 5.97 Å². The molecule has 0 N–H and O–H groups in total. The monoisotopic (exact) mass is 524 g/mol. The van der Waals surface area contributed by atoms with Crippen LogP contribution in [0.15, 0.2) is 36.7 Å². The number of hydrogen-bond acceptors (Lipinski definition) is 6. The largest absolute Gasteiger partial charge is 0.422 e. The summed E-state index contributed by atoms with van der Waals surface area (Å²) in [4.78, 5) is 19.9. The number of esters is 1. The van der Waals surface area contributed by atoms with Gasteiger partial charge in [0.15, 0.2) is 0 Å². The molecule has 1 aromatic heterocycles. The van der Waals surface area contributed by atoms with Crippen LogP contribution in [0.5, 0.6) is 6.01 Å². The number of rotatable bonds is 17. The molecule has 0 radical (unpaired) electrons. The van der Waals surface area contributed by atoms with Crippen molar-refractivity contribution in [2.45, 2.75) is 104 Å². The summed E-state index contributed by atoms with van der Waals surface area (Å²) in [7, 11) is 0. The molecule has 2 aromatic rings. The topological polar surface area (TPSA) is 70.5 Å². The highest BCUT2D eigenvalue weighted by Crippen LogP contribution is 2.29. The van der Waals surface area contributed by atoms with E-state index in [1.54, 1.807) is 0 Å². The lowest BCUT2D eigenvalue weighted by molar-refractivity contribution is -0.280. The van der Waals surface area contributed by atoms with Gasteiger partial charge in [-0.15, -0.1) is 0 Å². The predicted molar refractivity (Wildman–Crippen MR) is 136 cm³/mol. The lowest BCUT2D eigenvalue weighted by Crippen LogP contribution is -2.47. The Labute approximate surface area is 217 Å². The van der Waals surface area contributed by atoms with Crippen molar-refractivity contribution in [1.82, 2.24) is 9.97 Å². The van der Waals surface area contributed by atoms with E-state index >= 15 is 0 Å². The fourth-order valence-corrected chi connectivity index (χ4v) is 3.65. The van der Waals surface area contributed by atoms with E-state index in [0.717, 1.165) is 18.4 Å². The van der Waals surface area contributed by atoms with Crippen molar-refractivity contribution in [2.75, 3.05) is 6.61 Å². The minimum Gasteiger partial charge on any atom is -0.422 e. The van der Waals surface area contributed by atoms with Gasteiger partial charge >= 0.3 is 18.2 Å². The number of carbonyl (C=O) groups is 1. The number of alkyl halides is 3. The number of benzene rings is 1. The predicted octanol–water partition coefficient (Wildman–Crippen LogP) is 7.45. The van der Waals surface area contributed by atoms with E-state index in [4.69, 9.17) is 14.2 Å². The molecule has 1 heterocycles. The molecule has 0 amide bonds. The molecule has 37 heavy (non-hydrogen) atoms. The summed E-state index contributed by atoms with van der Waals surface area (Å²) in [6, 6.07) is 7.73. The van der Waals surface area contributed by atoms with Crippen LogP contribution in [0.3, 0.4) is 0 Å². The Morgan fingerprint density at radius 3 is 2.08 bits per heavy atom. The van der Waals surface area contributed by atoms with Crippen molar-refractivity contribution in [3.63, 3.8) is 0 Å². The molecule has 1 aromatic carbocycles. The second-order valence-corrected chi connectivity index (χ2v) is 8.99. The lowest BCUT2D eigenvalue weighted by Gasteiger charge is -2.28. The second-order valence-electron chi connectivity index (χ2n) is 8.99. The van der Waals surface area contributed by atoms with Gasteiger partial charge in [0.25, 0.3) is 6.29 Å². The number of nitrogens with zero attached hydrogens (tertiary/aromatic N) is 2. The molecule has 0 fully saturated rings. The van der Waals surface area contributed by atoms with E-state index in [2.05, 4.69) is 29.0 Å². The van der Waals surface area contributed by atoms with E-state index in [9.17, 15) is 18.0 Å². The van der Waals surface area contributed by atoms with Crippen molar-refractivity contribution in [3.8, 4) is 17.1 Å². The average molecular weight is 525 g/mol. The molecule has 0 aliphatic heterocycles. The first-order chi connectivity index (χ1) is 17.8. The first kappa shape index (κ1) is 30.5. The van der Waals surface area contributed by atoms with Gasteiger partial charge in [-0.05, 0) is 30.4 Å². The Bertz CT molecular complexity index is 905. The molecule has 9 heteroatoms. The van der Waals surface area contributed by atoms with Crippen LogP contribution in [0.2, 0.25) is 0 Å². The molecule has 0 saturated heterocycles. The van der Waals surface area contributed by atoms with Crippen molar-refractivity contribution in [1.29, 1.82) is 0 Å². The first-order valence-corrected chi connectivity index (χ1v) is 13.2. The van der Waals surface area contributed by atoms with E-state index in [1.165, 1.54) is 57.0 Å². The highest BCUT2D eigenvalue weighted by atomic mass is 19.4. The van der Waals surface area contributed by atoms with Crippen LogP contribution >= 0.6 is 0 Å². The highest BCUT2D eigenvalue weighted by molar-refractivity contribution is 5.69. The minimum atomic E-state index is -4.82. The number of aromatic nitrogens is 2. The van der Waals surface area contributed by atoms with E-state index in [-0.39, 0.29) is 19.0 Å². The number of hydrogen-bond donors (Lipinski definition) is 0. The zero-order valence-electron chi connectivity index (χ0n) is 22.1. The van der Waals surface area contributed by atoms with E-state index < -0.39 is 24.5 Å². The fraction of sp³-hybridized carbons (Fsp3) is 0.607. The van der Waals surface area contributed by atoms with Gasteiger partial charge in [0.2, 0.25) is 6.10 Å². The molecule has 0 aliphatic rings. The van der Waals surface area contributed by atoms with Crippen molar-refractivity contribution < 1.29 is 32.2 Å². The van der Waals surface area contributed by atoms with Crippen LogP contribution in [-0.4, -0.2) is 41.1 Å². The standard InChI is InChI=1S/C28H39F3N2O4/c1-4-7-9-10-11-12-13-21-14-16-22(17-15-21)23-19-32-27(33-20-23)37-26(36-24(34)6-3)25(28(29,30)31)35-18-8-5-2/h14-17,19-20,25-26H,4-13,18H2,1-3H3. The summed E-state index contributed by atoms with van der Waals surface area (Å²) in [5.41, 5.74) is 2.82. The third-order valence-electron chi connectivity index (χ3n) is 5.86.